The van der Waals surface area contributed by atoms with Crippen LogP contribution < -0.4 is 0 Å². The molecule has 1 aliphatic carbocycles. The van der Waals surface area contributed by atoms with Gasteiger partial charge in [0.15, 0.2) is 0 Å². The van der Waals surface area contributed by atoms with Gasteiger partial charge in [0.05, 0.1) is 28.8 Å². The number of hydrogen-bond acceptors (Lipinski definition) is 5. The van der Waals surface area contributed by atoms with Crippen LogP contribution in [0.3, 0.4) is 0 Å². The molecule has 6 nitrogen and oxygen atoms in total. The van der Waals surface area contributed by atoms with Crippen molar-refractivity contribution in [3.8, 4) is 0 Å². The Morgan fingerprint density at radius 1 is 1.14 bits per heavy atom. The van der Waals surface area contributed by atoms with Crippen molar-refractivity contribution >= 4 is 17.2 Å². The first kappa shape index (κ1) is 17.6. The van der Waals surface area contributed by atoms with Gasteiger partial charge in [0.1, 0.15) is 0 Å². The van der Waals surface area contributed by atoms with Crippen LogP contribution in [0.15, 0.2) is 54.0 Å². The van der Waals surface area contributed by atoms with Crippen LogP contribution in [0.4, 0.5) is 0 Å². The van der Waals surface area contributed by atoms with Crippen LogP contribution in [-0.4, -0.2) is 43.6 Å². The summed E-state index contributed by atoms with van der Waals surface area (Å²) in [5.41, 5.74) is 2.04. The van der Waals surface area contributed by atoms with E-state index in [1.807, 2.05) is 58.9 Å². The number of carbonyl (C=O) groups is 1. The number of benzene rings is 1. The monoisotopic (exact) mass is 394 g/mol. The fourth-order valence-corrected chi connectivity index (χ4v) is 4.68. The summed E-state index contributed by atoms with van der Waals surface area (Å²) in [7, 11) is 0. The molecule has 5 rings (SSSR count). The molecule has 2 aliphatic rings. The first-order valence-electron chi connectivity index (χ1n) is 9.70. The highest BCUT2D eigenvalue weighted by Gasteiger charge is 2.40. The second-order valence-electron chi connectivity index (χ2n) is 7.63. The molecule has 3 heterocycles. The molecule has 0 unspecified atom stereocenters. The molecule has 1 aromatic carbocycles. The summed E-state index contributed by atoms with van der Waals surface area (Å²) in [6.45, 7) is 0.408. The van der Waals surface area contributed by atoms with Gasteiger partial charge >= 0.3 is 0 Å². The minimum absolute atomic E-state index is 0.00304. The van der Waals surface area contributed by atoms with Crippen molar-refractivity contribution in [2.45, 2.75) is 43.4 Å². The van der Waals surface area contributed by atoms with Crippen molar-refractivity contribution < 1.29 is 9.90 Å². The van der Waals surface area contributed by atoms with E-state index in [-0.39, 0.29) is 18.0 Å². The number of hydrogen-bond donors (Lipinski definition) is 1. The molecule has 0 spiro atoms. The summed E-state index contributed by atoms with van der Waals surface area (Å²) in [5.74, 6) is 0.513. The molecule has 144 valence electrons. The molecule has 0 bridgehead atoms. The Balaban J connectivity index is 1.47. The van der Waals surface area contributed by atoms with E-state index in [2.05, 4.69) is 10.3 Å². The van der Waals surface area contributed by atoms with E-state index < -0.39 is 6.10 Å². The van der Waals surface area contributed by atoms with E-state index in [0.717, 1.165) is 24.1 Å². The molecule has 0 radical (unpaired) electrons. The lowest BCUT2D eigenvalue weighted by Gasteiger charge is -2.42. The van der Waals surface area contributed by atoms with Crippen molar-refractivity contribution in [2.75, 3.05) is 6.54 Å². The van der Waals surface area contributed by atoms with Gasteiger partial charge in [-0.1, -0.05) is 41.6 Å². The van der Waals surface area contributed by atoms with Gasteiger partial charge in [-0.25, -0.2) is 4.68 Å². The van der Waals surface area contributed by atoms with Crippen LogP contribution in [-0.2, 0) is 0 Å². The maximum absolute atomic E-state index is 13.3. The zero-order valence-electron chi connectivity index (χ0n) is 15.4. The first-order valence-corrected chi connectivity index (χ1v) is 10.6. The van der Waals surface area contributed by atoms with Gasteiger partial charge in [0.25, 0.3) is 5.91 Å². The zero-order chi connectivity index (χ0) is 19.1. The summed E-state index contributed by atoms with van der Waals surface area (Å²) in [4.78, 5) is 15.9. The van der Waals surface area contributed by atoms with E-state index in [9.17, 15) is 9.90 Å². The number of aromatic nitrogens is 3. The number of aliphatic hydroxyl groups excluding tert-OH is 1. The van der Waals surface area contributed by atoms with Crippen LogP contribution in [0, 0.1) is 0 Å². The van der Waals surface area contributed by atoms with Crippen molar-refractivity contribution in [3.63, 3.8) is 0 Å². The molecule has 3 atom stereocenters. The predicted molar refractivity (Wildman–Crippen MR) is 106 cm³/mol. The van der Waals surface area contributed by atoms with Crippen molar-refractivity contribution in [3.05, 3.63) is 70.2 Å². The van der Waals surface area contributed by atoms with Gasteiger partial charge in [-0.3, -0.25) is 4.79 Å². The summed E-state index contributed by atoms with van der Waals surface area (Å²) in [6, 6.07) is 13.3. The Morgan fingerprint density at radius 3 is 2.68 bits per heavy atom. The molecular weight excluding hydrogens is 372 g/mol. The number of rotatable bonds is 4. The minimum atomic E-state index is -0.591. The maximum Gasteiger partial charge on any atom is 0.264 e. The lowest BCUT2D eigenvalue weighted by Crippen LogP contribution is -2.48. The molecule has 28 heavy (non-hydrogen) atoms. The normalized spacial score (nSPS) is 25.0. The second-order valence-corrected chi connectivity index (χ2v) is 8.58. The Bertz CT molecular complexity index is 952. The summed E-state index contributed by atoms with van der Waals surface area (Å²) >= 11 is 1.45. The number of thiophene rings is 1. The average Bonchev–Trinajstić information content (AvgIpc) is 3.22. The standard InChI is InChI=1S/C21H22N4O2S/c26-19-11-17(15-5-2-1-3-6-15)24(21(27)20-7-4-10-28-20)13-18(19)25-12-16(22-23-25)14-8-9-14/h1-7,10,12,14,17-19,26H,8-9,11,13H2/t17-,18-,19-/m1/s1. The third-order valence-corrected chi connectivity index (χ3v) is 6.57. The number of piperidine rings is 1. The number of nitrogens with zero attached hydrogens (tertiary/aromatic N) is 4. The third-order valence-electron chi connectivity index (χ3n) is 5.71. The zero-order valence-corrected chi connectivity index (χ0v) is 16.2. The van der Waals surface area contributed by atoms with Gasteiger partial charge < -0.3 is 10.0 Å². The highest BCUT2D eigenvalue weighted by atomic mass is 32.1. The molecule has 1 amide bonds. The Morgan fingerprint density at radius 2 is 1.96 bits per heavy atom. The average molecular weight is 395 g/mol. The van der Waals surface area contributed by atoms with Gasteiger partial charge in [0, 0.05) is 25.1 Å². The molecule has 2 fully saturated rings. The summed E-state index contributed by atoms with van der Waals surface area (Å²) in [5, 5.41) is 21.4. The fraction of sp³-hybridized carbons (Fsp3) is 0.381. The SMILES string of the molecule is O=C(c1cccs1)N1C[C@@H](n2cc(C3CC3)nn2)[C@H](O)C[C@@H]1c1ccccc1. The summed E-state index contributed by atoms with van der Waals surface area (Å²) < 4.78 is 1.76. The quantitative estimate of drug-likeness (QED) is 0.736. The summed E-state index contributed by atoms with van der Waals surface area (Å²) in [6.07, 6.45) is 4.15. The van der Waals surface area contributed by atoms with Crippen LogP contribution in [0.25, 0.3) is 0 Å². The smallest absolute Gasteiger partial charge is 0.264 e. The molecule has 1 aliphatic heterocycles. The van der Waals surface area contributed by atoms with Crippen molar-refractivity contribution in [2.24, 2.45) is 0 Å². The highest BCUT2D eigenvalue weighted by molar-refractivity contribution is 7.12. The Labute approximate surface area is 167 Å². The molecule has 3 aromatic rings. The van der Waals surface area contributed by atoms with Gasteiger partial charge in [-0.15, -0.1) is 16.4 Å². The van der Waals surface area contributed by atoms with Gasteiger partial charge in [-0.05, 0) is 29.9 Å². The topological polar surface area (TPSA) is 71.2 Å². The molecule has 1 N–H and O–H groups in total. The maximum atomic E-state index is 13.3. The van der Waals surface area contributed by atoms with Crippen LogP contribution in [0.2, 0.25) is 0 Å². The first-order chi connectivity index (χ1) is 13.7. The molecule has 7 heteroatoms. The molecule has 1 saturated heterocycles. The number of likely N-dealkylation sites (tertiary alicyclic amines) is 1. The van der Waals surface area contributed by atoms with Gasteiger partial charge in [0.2, 0.25) is 0 Å². The van der Waals surface area contributed by atoms with Crippen LogP contribution >= 0.6 is 11.3 Å². The van der Waals surface area contributed by atoms with E-state index in [1.165, 1.54) is 11.3 Å². The van der Waals surface area contributed by atoms with Crippen molar-refractivity contribution in [1.29, 1.82) is 0 Å². The van der Waals surface area contributed by atoms with Crippen LogP contribution in [0.5, 0.6) is 0 Å². The minimum Gasteiger partial charge on any atom is -0.391 e. The lowest BCUT2D eigenvalue weighted by molar-refractivity contribution is -0.00165. The molecular formula is C21H22N4O2S. The largest absolute Gasteiger partial charge is 0.391 e. The predicted octanol–water partition coefficient (Wildman–Crippen LogP) is 3.41. The van der Waals surface area contributed by atoms with E-state index in [4.69, 9.17) is 0 Å². The van der Waals surface area contributed by atoms with E-state index in [1.54, 1.807) is 4.68 Å². The molecule has 1 saturated carbocycles. The third kappa shape index (κ3) is 3.25. The Hall–Kier alpha value is -2.51. The number of aliphatic hydroxyl groups is 1. The highest BCUT2D eigenvalue weighted by Crippen LogP contribution is 2.40. The fourth-order valence-electron chi connectivity index (χ4n) is 4.00. The van der Waals surface area contributed by atoms with Crippen molar-refractivity contribution in [1.82, 2.24) is 19.9 Å². The van der Waals surface area contributed by atoms with E-state index in [0.29, 0.717) is 23.8 Å². The van der Waals surface area contributed by atoms with E-state index >= 15 is 0 Å². The molecule has 2 aromatic heterocycles. The number of amides is 1. The number of carbonyl (C=O) groups excluding carboxylic acids is 1. The van der Waals surface area contributed by atoms with Gasteiger partial charge in [-0.2, -0.15) is 0 Å². The van der Waals surface area contributed by atoms with Crippen LogP contribution in [0.1, 0.15) is 58.2 Å². The second kappa shape index (κ2) is 7.14. The lowest BCUT2D eigenvalue weighted by atomic mass is 9.90. The Kier molecular flexibility index (Phi) is 4.49.